The molecule has 2 aromatic rings. The Labute approximate surface area is 150 Å². The van der Waals surface area contributed by atoms with Crippen LogP contribution in [-0.2, 0) is 14.8 Å². The van der Waals surface area contributed by atoms with Crippen molar-refractivity contribution in [3.8, 4) is 0 Å². The SMILES string of the molecule is CN1CCN(S(=O)(=O)c2ccc3nc(NC(=O)C4CC4)sc3c2)CC1. The molecule has 2 heterocycles. The maximum Gasteiger partial charge on any atom is 0.243 e. The number of hydrogen-bond donors (Lipinski definition) is 1. The summed E-state index contributed by atoms with van der Waals surface area (Å²) in [7, 11) is -1.51. The van der Waals surface area contributed by atoms with Gasteiger partial charge in [-0.3, -0.25) is 4.79 Å². The van der Waals surface area contributed by atoms with Crippen molar-refractivity contribution in [2.75, 3.05) is 38.5 Å². The second-order valence-corrected chi connectivity index (χ2v) is 9.59. The van der Waals surface area contributed by atoms with Crippen molar-refractivity contribution in [3.63, 3.8) is 0 Å². The van der Waals surface area contributed by atoms with Crippen molar-refractivity contribution >= 4 is 42.6 Å². The van der Waals surface area contributed by atoms with Gasteiger partial charge in [0.05, 0.1) is 15.1 Å². The Morgan fingerprint density at radius 2 is 1.96 bits per heavy atom. The van der Waals surface area contributed by atoms with Gasteiger partial charge in [0, 0.05) is 32.1 Å². The third-order valence-electron chi connectivity index (χ3n) is 4.64. The average Bonchev–Trinajstić information content (AvgIpc) is 3.35. The number of carbonyl (C=O) groups is 1. The fourth-order valence-corrected chi connectivity index (χ4v) is 5.28. The van der Waals surface area contributed by atoms with Crippen LogP contribution in [0.15, 0.2) is 23.1 Å². The summed E-state index contributed by atoms with van der Waals surface area (Å²) in [6.07, 6.45) is 1.87. The molecule has 2 fully saturated rings. The molecular weight excluding hydrogens is 360 g/mol. The molecule has 1 N–H and O–H groups in total. The number of nitrogens with zero attached hydrogens (tertiary/aromatic N) is 3. The van der Waals surface area contributed by atoms with Crippen LogP contribution in [0.5, 0.6) is 0 Å². The number of fused-ring (bicyclic) bond motifs is 1. The molecule has 1 aromatic carbocycles. The molecule has 0 spiro atoms. The molecule has 1 saturated carbocycles. The van der Waals surface area contributed by atoms with Gasteiger partial charge in [-0.25, -0.2) is 13.4 Å². The van der Waals surface area contributed by atoms with Crippen LogP contribution in [0.3, 0.4) is 0 Å². The van der Waals surface area contributed by atoms with Crippen molar-refractivity contribution < 1.29 is 13.2 Å². The number of nitrogens with one attached hydrogen (secondary N) is 1. The van der Waals surface area contributed by atoms with Crippen LogP contribution in [0.4, 0.5) is 5.13 Å². The maximum absolute atomic E-state index is 12.8. The number of amides is 1. The molecule has 4 rings (SSSR count). The normalized spacial score (nSPS) is 20.0. The third kappa shape index (κ3) is 3.41. The minimum atomic E-state index is -3.50. The van der Waals surface area contributed by atoms with E-state index in [-0.39, 0.29) is 16.7 Å². The van der Waals surface area contributed by atoms with E-state index in [1.54, 1.807) is 18.2 Å². The molecule has 25 heavy (non-hydrogen) atoms. The zero-order valence-corrected chi connectivity index (χ0v) is 15.6. The van der Waals surface area contributed by atoms with Gasteiger partial charge < -0.3 is 10.2 Å². The van der Waals surface area contributed by atoms with Crippen LogP contribution in [0, 0.1) is 5.92 Å². The summed E-state index contributed by atoms with van der Waals surface area (Å²) in [5, 5.41) is 3.35. The first-order chi connectivity index (χ1) is 11.9. The Kier molecular flexibility index (Phi) is 4.27. The lowest BCUT2D eigenvalue weighted by Gasteiger charge is -2.31. The molecule has 1 aliphatic heterocycles. The van der Waals surface area contributed by atoms with E-state index >= 15 is 0 Å². The standard InChI is InChI=1S/C16H20N4O3S2/c1-19-6-8-20(9-7-19)25(22,23)12-4-5-13-14(10-12)24-16(17-13)18-15(21)11-2-3-11/h4-5,10-11H,2-3,6-9H2,1H3,(H,17,18,21). The minimum Gasteiger partial charge on any atom is -0.304 e. The fourth-order valence-electron chi connectivity index (χ4n) is 2.85. The number of hydrogen-bond acceptors (Lipinski definition) is 6. The molecule has 134 valence electrons. The molecule has 0 atom stereocenters. The van der Waals surface area contributed by atoms with Gasteiger partial charge in [0.1, 0.15) is 0 Å². The summed E-state index contributed by atoms with van der Waals surface area (Å²) in [5.41, 5.74) is 0.702. The predicted octanol–water partition coefficient (Wildman–Crippen LogP) is 1.58. The Hall–Kier alpha value is -1.55. The van der Waals surface area contributed by atoms with Gasteiger partial charge in [-0.15, -0.1) is 0 Å². The van der Waals surface area contributed by atoms with Gasteiger partial charge in [0.15, 0.2) is 5.13 Å². The van der Waals surface area contributed by atoms with E-state index in [9.17, 15) is 13.2 Å². The lowest BCUT2D eigenvalue weighted by Crippen LogP contribution is -2.46. The Morgan fingerprint density at radius 1 is 1.24 bits per heavy atom. The monoisotopic (exact) mass is 380 g/mol. The summed E-state index contributed by atoms with van der Waals surface area (Å²) < 4.78 is 28.0. The highest BCUT2D eigenvalue weighted by molar-refractivity contribution is 7.89. The van der Waals surface area contributed by atoms with E-state index in [4.69, 9.17) is 0 Å². The van der Waals surface area contributed by atoms with Gasteiger partial charge >= 0.3 is 0 Å². The van der Waals surface area contributed by atoms with E-state index < -0.39 is 10.0 Å². The van der Waals surface area contributed by atoms with E-state index in [0.29, 0.717) is 23.7 Å². The van der Waals surface area contributed by atoms with Gasteiger partial charge in [-0.2, -0.15) is 4.31 Å². The lowest BCUT2D eigenvalue weighted by molar-refractivity contribution is -0.117. The van der Waals surface area contributed by atoms with E-state index in [2.05, 4.69) is 15.2 Å². The van der Waals surface area contributed by atoms with Crippen LogP contribution in [0.1, 0.15) is 12.8 Å². The van der Waals surface area contributed by atoms with Gasteiger partial charge in [0.25, 0.3) is 0 Å². The van der Waals surface area contributed by atoms with Crippen LogP contribution in [-0.4, -0.2) is 61.7 Å². The number of piperazine rings is 1. The number of likely N-dealkylation sites (N-methyl/N-ethyl adjacent to an activating group) is 1. The number of carbonyl (C=O) groups excluding carboxylic acids is 1. The van der Waals surface area contributed by atoms with Crippen molar-refractivity contribution in [2.24, 2.45) is 5.92 Å². The molecule has 1 aromatic heterocycles. The highest BCUT2D eigenvalue weighted by atomic mass is 32.2. The highest BCUT2D eigenvalue weighted by Gasteiger charge is 2.30. The second kappa shape index (κ2) is 6.31. The number of benzene rings is 1. The molecule has 0 bridgehead atoms. The second-order valence-electron chi connectivity index (χ2n) is 6.62. The first-order valence-corrected chi connectivity index (χ1v) is 10.6. The number of anilines is 1. The van der Waals surface area contributed by atoms with E-state index in [1.807, 2.05) is 7.05 Å². The quantitative estimate of drug-likeness (QED) is 0.871. The minimum absolute atomic E-state index is 0.00402. The predicted molar refractivity (Wildman–Crippen MR) is 97.2 cm³/mol. The maximum atomic E-state index is 12.8. The number of sulfonamides is 1. The number of rotatable bonds is 4. The Bertz CT molecular complexity index is 913. The zero-order valence-electron chi connectivity index (χ0n) is 13.9. The van der Waals surface area contributed by atoms with Crippen LogP contribution in [0.2, 0.25) is 0 Å². The zero-order chi connectivity index (χ0) is 17.6. The van der Waals surface area contributed by atoms with Crippen molar-refractivity contribution in [1.82, 2.24) is 14.2 Å². The number of thiazole rings is 1. The average molecular weight is 380 g/mol. The fraction of sp³-hybridized carbons (Fsp3) is 0.500. The van der Waals surface area contributed by atoms with Gasteiger partial charge in [-0.05, 0) is 38.1 Å². The number of aromatic nitrogens is 1. The van der Waals surface area contributed by atoms with E-state index in [0.717, 1.165) is 30.6 Å². The van der Waals surface area contributed by atoms with Crippen LogP contribution < -0.4 is 5.32 Å². The summed E-state index contributed by atoms with van der Waals surface area (Å²) in [6.45, 7) is 2.48. The molecule has 1 amide bonds. The Balaban J connectivity index is 1.58. The summed E-state index contributed by atoms with van der Waals surface area (Å²) in [4.78, 5) is 18.6. The van der Waals surface area contributed by atoms with Gasteiger partial charge in [0.2, 0.25) is 15.9 Å². The van der Waals surface area contributed by atoms with Crippen molar-refractivity contribution in [3.05, 3.63) is 18.2 Å². The lowest BCUT2D eigenvalue weighted by atomic mass is 10.3. The third-order valence-corrected chi connectivity index (χ3v) is 7.47. The van der Waals surface area contributed by atoms with Crippen molar-refractivity contribution in [1.29, 1.82) is 0 Å². The summed E-state index contributed by atoms with van der Waals surface area (Å²) in [5.74, 6) is 0.115. The largest absolute Gasteiger partial charge is 0.304 e. The Morgan fingerprint density at radius 3 is 2.64 bits per heavy atom. The molecule has 2 aliphatic rings. The molecule has 1 aliphatic carbocycles. The van der Waals surface area contributed by atoms with E-state index in [1.165, 1.54) is 15.6 Å². The smallest absolute Gasteiger partial charge is 0.243 e. The summed E-state index contributed by atoms with van der Waals surface area (Å²) in [6, 6.07) is 4.97. The molecular formula is C16H20N4O3S2. The van der Waals surface area contributed by atoms with Crippen LogP contribution >= 0.6 is 11.3 Å². The first-order valence-electron chi connectivity index (χ1n) is 8.33. The van der Waals surface area contributed by atoms with Crippen LogP contribution in [0.25, 0.3) is 10.2 Å². The first kappa shape index (κ1) is 16.9. The van der Waals surface area contributed by atoms with Gasteiger partial charge in [-0.1, -0.05) is 11.3 Å². The molecule has 0 radical (unpaired) electrons. The molecule has 9 heteroatoms. The highest BCUT2D eigenvalue weighted by Crippen LogP contribution is 2.33. The molecule has 1 saturated heterocycles. The topological polar surface area (TPSA) is 82.6 Å². The molecule has 7 nitrogen and oxygen atoms in total. The van der Waals surface area contributed by atoms with Crippen molar-refractivity contribution in [2.45, 2.75) is 17.7 Å². The molecule has 0 unspecified atom stereocenters. The summed E-state index contributed by atoms with van der Waals surface area (Å²) >= 11 is 1.31.